The number of phosphoric acid groups is 1. The van der Waals surface area contributed by atoms with Crippen molar-refractivity contribution < 1.29 is 42.1 Å². The van der Waals surface area contributed by atoms with Crippen molar-refractivity contribution in [1.29, 1.82) is 0 Å². The molecule has 0 bridgehead atoms. The summed E-state index contributed by atoms with van der Waals surface area (Å²) >= 11 is 0. The normalized spacial score (nSPS) is 13.7. The quantitative estimate of drug-likeness (QED) is 0.0217. The summed E-state index contributed by atoms with van der Waals surface area (Å²) in [6, 6.07) is 0. The molecule has 2 atom stereocenters. The molecule has 0 aliphatic rings. The number of phosphoric ester groups is 1. The van der Waals surface area contributed by atoms with Gasteiger partial charge in [0.05, 0.1) is 27.7 Å². The molecule has 0 aliphatic carbocycles. The molecule has 0 aromatic carbocycles. The van der Waals surface area contributed by atoms with Gasteiger partial charge in [0.1, 0.15) is 19.8 Å². The van der Waals surface area contributed by atoms with E-state index in [1.54, 1.807) is 0 Å². The predicted molar refractivity (Wildman–Crippen MR) is 215 cm³/mol. The van der Waals surface area contributed by atoms with Crippen LogP contribution in [0.2, 0.25) is 0 Å². The van der Waals surface area contributed by atoms with Crippen LogP contribution in [-0.2, 0) is 32.7 Å². The standard InChI is InChI=1S/C42H82NO8P/c1-6-8-10-12-14-16-18-20-21-23-25-27-29-31-33-35-42(45)51-40(39-50-52(46,47)49-37-36-43(3,4)5)38-48-41(44)34-32-30-28-26-24-22-19-17-15-13-11-9-7-2/h17,19,40H,6-16,18,20-39H2,1-5H3/p+1/b19-17-/t40-/m1/s1. The van der Waals surface area contributed by atoms with Crippen LogP contribution in [0.25, 0.3) is 0 Å². The lowest BCUT2D eigenvalue weighted by molar-refractivity contribution is -0.870. The van der Waals surface area contributed by atoms with Gasteiger partial charge in [0.15, 0.2) is 6.10 Å². The van der Waals surface area contributed by atoms with Crippen LogP contribution in [0.4, 0.5) is 0 Å². The Morgan fingerprint density at radius 3 is 1.44 bits per heavy atom. The van der Waals surface area contributed by atoms with Crippen molar-refractivity contribution in [3.8, 4) is 0 Å². The van der Waals surface area contributed by atoms with Crippen molar-refractivity contribution in [3.63, 3.8) is 0 Å². The van der Waals surface area contributed by atoms with E-state index in [1.165, 1.54) is 109 Å². The fourth-order valence-corrected chi connectivity index (χ4v) is 6.63. The number of hydrogen-bond acceptors (Lipinski definition) is 7. The van der Waals surface area contributed by atoms with Crippen molar-refractivity contribution in [1.82, 2.24) is 0 Å². The molecule has 0 rings (SSSR count). The number of carbonyl (C=O) groups excluding carboxylic acids is 2. The van der Waals surface area contributed by atoms with E-state index in [9.17, 15) is 19.0 Å². The van der Waals surface area contributed by atoms with Gasteiger partial charge in [-0.25, -0.2) is 4.57 Å². The number of ether oxygens (including phenoxy) is 2. The monoisotopic (exact) mass is 761 g/mol. The molecule has 9 nitrogen and oxygen atoms in total. The van der Waals surface area contributed by atoms with E-state index in [0.29, 0.717) is 17.4 Å². The highest BCUT2D eigenvalue weighted by Crippen LogP contribution is 2.43. The minimum absolute atomic E-state index is 0.0335. The second-order valence-electron chi connectivity index (χ2n) is 15.7. The minimum Gasteiger partial charge on any atom is -0.462 e. The Balaban J connectivity index is 4.36. The van der Waals surface area contributed by atoms with Gasteiger partial charge >= 0.3 is 19.8 Å². The van der Waals surface area contributed by atoms with E-state index in [-0.39, 0.29) is 32.0 Å². The molecule has 308 valence electrons. The molecule has 0 radical (unpaired) electrons. The van der Waals surface area contributed by atoms with E-state index in [0.717, 1.165) is 51.4 Å². The van der Waals surface area contributed by atoms with Crippen LogP contribution in [0.5, 0.6) is 0 Å². The zero-order chi connectivity index (χ0) is 38.6. The van der Waals surface area contributed by atoms with Crippen LogP contribution in [0.1, 0.15) is 194 Å². The highest BCUT2D eigenvalue weighted by atomic mass is 31.2. The van der Waals surface area contributed by atoms with Crippen molar-refractivity contribution in [2.24, 2.45) is 0 Å². The van der Waals surface area contributed by atoms with E-state index in [4.69, 9.17) is 18.5 Å². The maximum Gasteiger partial charge on any atom is 0.472 e. The average molecular weight is 761 g/mol. The Bertz CT molecular complexity index is 907. The average Bonchev–Trinajstić information content (AvgIpc) is 3.09. The van der Waals surface area contributed by atoms with E-state index >= 15 is 0 Å². The molecule has 0 aromatic heterocycles. The fourth-order valence-electron chi connectivity index (χ4n) is 5.89. The van der Waals surface area contributed by atoms with Gasteiger partial charge in [0.25, 0.3) is 0 Å². The highest BCUT2D eigenvalue weighted by Gasteiger charge is 2.27. The van der Waals surface area contributed by atoms with E-state index < -0.39 is 26.5 Å². The first-order valence-corrected chi connectivity index (χ1v) is 22.9. The smallest absolute Gasteiger partial charge is 0.462 e. The molecule has 0 aromatic rings. The Kier molecular flexibility index (Phi) is 34.6. The molecular formula is C42H83NO8P+. The highest BCUT2D eigenvalue weighted by molar-refractivity contribution is 7.47. The zero-order valence-corrected chi connectivity index (χ0v) is 35.5. The topological polar surface area (TPSA) is 108 Å². The van der Waals surface area contributed by atoms with Gasteiger partial charge < -0.3 is 18.9 Å². The van der Waals surface area contributed by atoms with Crippen molar-refractivity contribution in [2.75, 3.05) is 47.5 Å². The van der Waals surface area contributed by atoms with Gasteiger partial charge in [0.2, 0.25) is 0 Å². The van der Waals surface area contributed by atoms with Crippen LogP contribution in [0.15, 0.2) is 12.2 Å². The number of hydrogen-bond donors (Lipinski definition) is 1. The molecule has 0 heterocycles. The zero-order valence-electron chi connectivity index (χ0n) is 34.6. The van der Waals surface area contributed by atoms with Gasteiger partial charge in [-0.05, 0) is 38.5 Å². The van der Waals surface area contributed by atoms with Gasteiger partial charge in [-0.1, -0.05) is 154 Å². The lowest BCUT2D eigenvalue weighted by Crippen LogP contribution is -2.37. The van der Waals surface area contributed by atoms with Crippen molar-refractivity contribution >= 4 is 19.8 Å². The molecular weight excluding hydrogens is 677 g/mol. The minimum atomic E-state index is -4.37. The molecule has 10 heteroatoms. The Morgan fingerprint density at radius 1 is 0.577 bits per heavy atom. The summed E-state index contributed by atoms with van der Waals surface area (Å²) in [6.07, 6.45) is 35.3. The van der Waals surface area contributed by atoms with Crippen LogP contribution in [0.3, 0.4) is 0 Å². The molecule has 0 amide bonds. The first kappa shape index (κ1) is 50.8. The summed E-state index contributed by atoms with van der Waals surface area (Å²) in [5.41, 5.74) is 0. The SMILES string of the molecule is CCCCCC/C=C\CCCCCCCC(=O)OC[C@H](COP(=O)(O)OCC[N+](C)(C)C)OC(=O)CCCCCCCCCCCCCCCCC. The van der Waals surface area contributed by atoms with Crippen LogP contribution < -0.4 is 0 Å². The largest absolute Gasteiger partial charge is 0.472 e. The summed E-state index contributed by atoms with van der Waals surface area (Å²) in [7, 11) is 1.48. The fraction of sp³-hybridized carbons (Fsp3) is 0.905. The van der Waals surface area contributed by atoms with Gasteiger partial charge in [-0.15, -0.1) is 0 Å². The van der Waals surface area contributed by atoms with Gasteiger partial charge in [0, 0.05) is 12.8 Å². The number of nitrogens with zero attached hydrogens (tertiary/aromatic N) is 1. The molecule has 1 unspecified atom stereocenters. The third-order valence-electron chi connectivity index (χ3n) is 9.30. The van der Waals surface area contributed by atoms with Crippen LogP contribution in [-0.4, -0.2) is 74.9 Å². The number of carbonyl (C=O) groups is 2. The summed E-state index contributed by atoms with van der Waals surface area (Å²) in [6.45, 7) is 4.41. The summed E-state index contributed by atoms with van der Waals surface area (Å²) in [5, 5.41) is 0. The van der Waals surface area contributed by atoms with Gasteiger partial charge in [-0.2, -0.15) is 0 Å². The lowest BCUT2D eigenvalue weighted by atomic mass is 10.0. The first-order chi connectivity index (χ1) is 25.0. The lowest BCUT2D eigenvalue weighted by Gasteiger charge is -2.24. The Labute approximate surface area is 320 Å². The van der Waals surface area contributed by atoms with Gasteiger partial charge in [-0.3, -0.25) is 18.6 Å². The number of likely N-dealkylation sites (N-methyl/N-ethyl adjacent to an activating group) is 1. The number of quaternary nitrogens is 1. The Hall–Kier alpha value is -1.25. The maximum absolute atomic E-state index is 12.7. The maximum atomic E-state index is 12.7. The number of allylic oxidation sites excluding steroid dienone is 2. The molecule has 0 fully saturated rings. The van der Waals surface area contributed by atoms with Crippen molar-refractivity contribution in [3.05, 3.63) is 12.2 Å². The second kappa shape index (κ2) is 35.5. The molecule has 0 aliphatic heterocycles. The molecule has 1 N–H and O–H groups in total. The Morgan fingerprint density at radius 2 is 0.981 bits per heavy atom. The number of unbranched alkanes of at least 4 members (excludes halogenated alkanes) is 23. The number of rotatable bonds is 39. The molecule has 0 saturated heterocycles. The molecule has 52 heavy (non-hydrogen) atoms. The van der Waals surface area contributed by atoms with E-state index in [1.807, 2.05) is 21.1 Å². The number of esters is 2. The summed E-state index contributed by atoms with van der Waals surface area (Å²) in [4.78, 5) is 35.3. The van der Waals surface area contributed by atoms with E-state index in [2.05, 4.69) is 26.0 Å². The second-order valence-corrected chi connectivity index (χ2v) is 17.2. The first-order valence-electron chi connectivity index (χ1n) is 21.4. The predicted octanol–water partition coefficient (Wildman–Crippen LogP) is 11.8. The molecule has 0 spiro atoms. The third-order valence-corrected chi connectivity index (χ3v) is 10.3. The van der Waals surface area contributed by atoms with Crippen LogP contribution in [0, 0.1) is 0 Å². The summed E-state index contributed by atoms with van der Waals surface area (Å²) in [5.74, 6) is -0.801. The molecule has 0 saturated carbocycles. The van der Waals surface area contributed by atoms with Crippen LogP contribution >= 0.6 is 7.82 Å². The summed E-state index contributed by atoms with van der Waals surface area (Å²) < 4.78 is 34.3. The van der Waals surface area contributed by atoms with Crippen molar-refractivity contribution in [2.45, 2.75) is 200 Å². The third kappa shape index (κ3) is 38.5.